The topological polar surface area (TPSA) is 69.6 Å². The Morgan fingerprint density at radius 1 is 1.38 bits per heavy atom. The van der Waals surface area contributed by atoms with Crippen molar-refractivity contribution in [2.24, 2.45) is 5.41 Å². The van der Waals surface area contributed by atoms with Crippen LogP contribution in [-0.4, -0.2) is 35.1 Å². The van der Waals surface area contributed by atoms with Crippen molar-refractivity contribution < 1.29 is 14.7 Å². The highest BCUT2D eigenvalue weighted by Gasteiger charge is 2.42. The SMILES string of the molecule is C[C@@H](NC(=O)N1CCC(C)(C(=O)O)C1)c1ccc(Cl)cc1. The first-order valence-corrected chi connectivity index (χ1v) is 7.24. The summed E-state index contributed by atoms with van der Waals surface area (Å²) in [6, 6.07) is 6.87. The van der Waals surface area contributed by atoms with E-state index in [1.54, 1.807) is 24.0 Å². The summed E-state index contributed by atoms with van der Waals surface area (Å²) < 4.78 is 0. The van der Waals surface area contributed by atoms with E-state index in [1.807, 2.05) is 19.1 Å². The highest BCUT2D eigenvalue weighted by atomic mass is 35.5. The molecule has 0 spiro atoms. The van der Waals surface area contributed by atoms with E-state index in [4.69, 9.17) is 11.6 Å². The van der Waals surface area contributed by atoms with Gasteiger partial charge >= 0.3 is 12.0 Å². The van der Waals surface area contributed by atoms with Crippen LogP contribution in [0.5, 0.6) is 0 Å². The molecule has 0 saturated carbocycles. The third-order valence-corrected chi connectivity index (χ3v) is 4.24. The van der Waals surface area contributed by atoms with Crippen LogP contribution in [0.25, 0.3) is 0 Å². The first kappa shape index (κ1) is 15.6. The van der Waals surface area contributed by atoms with Gasteiger partial charge in [-0.2, -0.15) is 0 Å². The Balaban J connectivity index is 1.96. The average Bonchev–Trinajstić information content (AvgIpc) is 2.83. The van der Waals surface area contributed by atoms with Gasteiger partial charge in [-0.3, -0.25) is 4.79 Å². The van der Waals surface area contributed by atoms with Gasteiger partial charge in [0, 0.05) is 18.1 Å². The van der Waals surface area contributed by atoms with Crippen molar-refractivity contribution in [3.8, 4) is 0 Å². The summed E-state index contributed by atoms with van der Waals surface area (Å²) in [4.78, 5) is 25.0. The molecule has 1 fully saturated rings. The number of nitrogens with one attached hydrogen (secondary N) is 1. The zero-order valence-electron chi connectivity index (χ0n) is 12.1. The number of hydrogen-bond acceptors (Lipinski definition) is 2. The average molecular weight is 311 g/mol. The molecule has 21 heavy (non-hydrogen) atoms. The van der Waals surface area contributed by atoms with Gasteiger partial charge in [0.1, 0.15) is 0 Å². The number of hydrogen-bond donors (Lipinski definition) is 2. The van der Waals surface area contributed by atoms with Gasteiger partial charge in [0.25, 0.3) is 0 Å². The fourth-order valence-corrected chi connectivity index (χ4v) is 2.55. The first-order chi connectivity index (χ1) is 9.82. The fraction of sp³-hybridized carbons (Fsp3) is 0.467. The van der Waals surface area contributed by atoms with Gasteiger partial charge in [0.15, 0.2) is 0 Å². The van der Waals surface area contributed by atoms with Crippen LogP contribution >= 0.6 is 11.6 Å². The van der Waals surface area contributed by atoms with Crippen LogP contribution in [0, 0.1) is 5.41 Å². The van der Waals surface area contributed by atoms with Crippen LogP contribution in [0.2, 0.25) is 5.02 Å². The number of carbonyl (C=O) groups is 2. The molecule has 2 amide bonds. The molecular weight excluding hydrogens is 292 g/mol. The summed E-state index contributed by atoms with van der Waals surface area (Å²) in [5, 5.41) is 12.7. The summed E-state index contributed by atoms with van der Waals surface area (Å²) in [6.07, 6.45) is 0.477. The maximum absolute atomic E-state index is 12.2. The molecule has 1 aromatic rings. The molecule has 0 aromatic heterocycles. The van der Waals surface area contributed by atoms with E-state index in [-0.39, 0.29) is 18.6 Å². The molecule has 1 aliphatic heterocycles. The van der Waals surface area contributed by atoms with Crippen molar-refractivity contribution in [2.45, 2.75) is 26.3 Å². The van der Waals surface area contributed by atoms with Crippen LogP contribution in [0.1, 0.15) is 31.9 Å². The lowest BCUT2D eigenvalue weighted by molar-refractivity contribution is -0.146. The minimum Gasteiger partial charge on any atom is -0.481 e. The summed E-state index contributed by atoms with van der Waals surface area (Å²) >= 11 is 5.84. The molecule has 0 radical (unpaired) electrons. The Bertz CT molecular complexity index is 546. The summed E-state index contributed by atoms with van der Waals surface area (Å²) in [5.74, 6) is -0.858. The second kappa shape index (κ2) is 5.93. The highest BCUT2D eigenvalue weighted by Crippen LogP contribution is 2.30. The molecule has 1 aromatic carbocycles. The Morgan fingerprint density at radius 2 is 2.00 bits per heavy atom. The Hall–Kier alpha value is -1.75. The van der Waals surface area contributed by atoms with Gasteiger partial charge in [-0.1, -0.05) is 23.7 Å². The molecule has 114 valence electrons. The van der Waals surface area contributed by atoms with E-state index in [1.165, 1.54) is 0 Å². The summed E-state index contributed by atoms with van der Waals surface area (Å²) in [7, 11) is 0. The van der Waals surface area contributed by atoms with Crippen molar-refractivity contribution in [1.29, 1.82) is 0 Å². The number of aliphatic carboxylic acids is 1. The molecule has 0 aliphatic carbocycles. The van der Waals surface area contributed by atoms with E-state index < -0.39 is 11.4 Å². The van der Waals surface area contributed by atoms with Crippen molar-refractivity contribution in [3.05, 3.63) is 34.9 Å². The molecular formula is C15H19ClN2O3. The van der Waals surface area contributed by atoms with Crippen LogP contribution in [0.15, 0.2) is 24.3 Å². The van der Waals surface area contributed by atoms with Gasteiger partial charge in [-0.25, -0.2) is 4.79 Å². The van der Waals surface area contributed by atoms with Crippen molar-refractivity contribution in [3.63, 3.8) is 0 Å². The molecule has 1 heterocycles. The predicted molar refractivity (Wildman–Crippen MR) is 80.3 cm³/mol. The number of urea groups is 1. The minimum absolute atomic E-state index is 0.161. The van der Waals surface area contributed by atoms with Crippen LogP contribution in [0.4, 0.5) is 4.79 Å². The standard InChI is InChI=1S/C15H19ClN2O3/c1-10(11-3-5-12(16)6-4-11)17-14(21)18-8-7-15(2,9-18)13(19)20/h3-6,10H,7-9H2,1-2H3,(H,17,21)(H,19,20)/t10-,15?/m1/s1. The molecule has 2 rings (SSSR count). The quantitative estimate of drug-likeness (QED) is 0.902. The fourth-order valence-electron chi connectivity index (χ4n) is 2.42. The summed E-state index contributed by atoms with van der Waals surface area (Å²) in [6.45, 7) is 4.25. The monoisotopic (exact) mass is 310 g/mol. The number of benzene rings is 1. The van der Waals surface area contributed by atoms with Gasteiger partial charge in [0.05, 0.1) is 11.5 Å². The molecule has 1 saturated heterocycles. The Labute approximate surface area is 128 Å². The second-order valence-corrected chi connectivity index (χ2v) is 6.20. The number of carbonyl (C=O) groups excluding carboxylic acids is 1. The lowest BCUT2D eigenvalue weighted by Crippen LogP contribution is -2.41. The number of halogens is 1. The molecule has 1 unspecified atom stereocenters. The van der Waals surface area contributed by atoms with Crippen LogP contribution in [0.3, 0.4) is 0 Å². The zero-order valence-corrected chi connectivity index (χ0v) is 12.9. The molecule has 6 heteroatoms. The molecule has 0 bridgehead atoms. The van der Waals surface area contributed by atoms with Crippen molar-refractivity contribution in [1.82, 2.24) is 10.2 Å². The van der Waals surface area contributed by atoms with Crippen molar-refractivity contribution in [2.75, 3.05) is 13.1 Å². The Morgan fingerprint density at radius 3 is 2.52 bits per heavy atom. The van der Waals surface area contributed by atoms with Gasteiger partial charge in [0.2, 0.25) is 0 Å². The lowest BCUT2D eigenvalue weighted by Gasteiger charge is -2.23. The van der Waals surface area contributed by atoms with E-state index in [9.17, 15) is 14.7 Å². The van der Waals surface area contributed by atoms with Crippen LogP contribution < -0.4 is 5.32 Å². The zero-order chi connectivity index (χ0) is 15.6. The largest absolute Gasteiger partial charge is 0.481 e. The number of rotatable bonds is 3. The first-order valence-electron chi connectivity index (χ1n) is 6.86. The molecule has 5 nitrogen and oxygen atoms in total. The summed E-state index contributed by atoms with van der Waals surface area (Å²) in [5.41, 5.74) is 0.105. The highest BCUT2D eigenvalue weighted by molar-refractivity contribution is 6.30. The van der Waals surface area contributed by atoms with Crippen LogP contribution in [-0.2, 0) is 4.79 Å². The Kier molecular flexibility index (Phi) is 4.42. The van der Waals surface area contributed by atoms with E-state index in [2.05, 4.69) is 5.32 Å². The number of amides is 2. The van der Waals surface area contributed by atoms with E-state index in [0.717, 1.165) is 5.56 Å². The minimum atomic E-state index is -0.858. The molecule has 2 N–H and O–H groups in total. The van der Waals surface area contributed by atoms with Gasteiger partial charge in [-0.15, -0.1) is 0 Å². The van der Waals surface area contributed by atoms with E-state index in [0.29, 0.717) is 18.0 Å². The predicted octanol–water partition coefficient (Wildman–Crippen LogP) is 2.91. The molecule has 2 atom stereocenters. The lowest BCUT2D eigenvalue weighted by atomic mass is 9.90. The smallest absolute Gasteiger partial charge is 0.317 e. The third kappa shape index (κ3) is 3.47. The molecule has 1 aliphatic rings. The van der Waals surface area contributed by atoms with Gasteiger partial charge in [-0.05, 0) is 38.0 Å². The normalized spacial score (nSPS) is 22.9. The van der Waals surface area contributed by atoms with Crippen molar-refractivity contribution >= 4 is 23.6 Å². The van der Waals surface area contributed by atoms with Gasteiger partial charge < -0.3 is 15.3 Å². The van der Waals surface area contributed by atoms with E-state index >= 15 is 0 Å². The number of likely N-dealkylation sites (tertiary alicyclic amines) is 1. The number of carboxylic acid groups (broad SMARTS) is 1. The third-order valence-electron chi connectivity index (χ3n) is 3.99. The second-order valence-electron chi connectivity index (χ2n) is 5.76. The number of nitrogens with zero attached hydrogens (tertiary/aromatic N) is 1. The maximum Gasteiger partial charge on any atom is 0.317 e. The number of carboxylic acids is 1. The maximum atomic E-state index is 12.2.